The summed E-state index contributed by atoms with van der Waals surface area (Å²) in [4.78, 5) is 4.13. The van der Waals surface area contributed by atoms with Crippen molar-refractivity contribution in [2.45, 2.75) is 30.6 Å². The number of nitrogens with zero attached hydrogens (tertiary/aromatic N) is 2. The van der Waals surface area contributed by atoms with E-state index in [1.165, 1.54) is 6.92 Å². The predicted octanol–water partition coefficient (Wildman–Crippen LogP) is 0.140. The summed E-state index contributed by atoms with van der Waals surface area (Å²) in [7, 11) is -3.24. The Balaban J connectivity index is 2.25. The molecule has 8 heteroatoms. The van der Waals surface area contributed by atoms with Gasteiger partial charge in [0.2, 0.25) is 5.89 Å². The first-order chi connectivity index (χ1) is 8.33. The van der Waals surface area contributed by atoms with E-state index in [9.17, 15) is 8.42 Å². The fourth-order valence-corrected chi connectivity index (χ4v) is 2.22. The summed E-state index contributed by atoms with van der Waals surface area (Å²) < 4.78 is 33.2. The zero-order valence-electron chi connectivity index (χ0n) is 10.4. The second kappa shape index (κ2) is 4.60. The second-order valence-corrected chi connectivity index (χ2v) is 7.06. The van der Waals surface area contributed by atoms with E-state index >= 15 is 0 Å². The molecule has 1 atom stereocenters. The Morgan fingerprint density at radius 2 is 2.00 bits per heavy atom. The van der Waals surface area contributed by atoms with E-state index < -0.39 is 20.6 Å². The molecule has 7 nitrogen and oxygen atoms in total. The molecule has 1 unspecified atom stereocenters. The number of nitrogens with two attached hydrogens (primary N) is 1. The summed E-state index contributed by atoms with van der Waals surface area (Å²) in [6, 6.07) is 0. The van der Waals surface area contributed by atoms with Gasteiger partial charge in [0.1, 0.15) is 10.8 Å². The van der Waals surface area contributed by atoms with Crippen LogP contribution in [0.25, 0.3) is 0 Å². The molecule has 0 aliphatic carbocycles. The van der Waals surface area contributed by atoms with E-state index in [2.05, 4.69) is 10.1 Å². The van der Waals surface area contributed by atoms with Gasteiger partial charge in [-0.05, 0) is 19.8 Å². The van der Waals surface area contributed by atoms with Gasteiger partial charge in [0.25, 0.3) is 0 Å². The average molecular weight is 275 g/mol. The maximum atomic E-state index is 11.4. The zero-order valence-corrected chi connectivity index (χ0v) is 11.2. The molecular formula is C10H17N3O4S. The van der Waals surface area contributed by atoms with E-state index in [1.54, 1.807) is 0 Å². The molecule has 0 bridgehead atoms. The first-order valence-corrected chi connectivity index (χ1v) is 7.68. The van der Waals surface area contributed by atoms with Crippen molar-refractivity contribution in [3.8, 4) is 0 Å². The highest BCUT2D eigenvalue weighted by atomic mass is 32.2. The molecule has 1 aromatic rings. The number of ether oxygens (including phenoxy) is 1. The topological polar surface area (TPSA) is 108 Å². The summed E-state index contributed by atoms with van der Waals surface area (Å²) >= 11 is 0. The first kappa shape index (κ1) is 13.4. The van der Waals surface area contributed by atoms with Gasteiger partial charge in [-0.3, -0.25) is 0 Å². The van der Waals surface area contributed by atoms with Crippen LogP contribution in [-0.4, -0.2) is 38.0 Å². The quantitative estimate of drug-likeness (QED) is 0.835. The summed E-state index contributed by atoms with van der Waals surface area (Å²) in [6.07, 6.45) is 2.31. The minimum absolute atomic E-state index is 0.156. The molecule has 2 heterocycles. The highest BCUT2D eigenvalue weighted by Crippen LogP contribution is 2.29. The van der Waals surface area contributed by atoms with Crippen LogP contribution in [0.4, 0.5) is 0 Å². The second-order valence-electron chi connectivity index (χ2n) is 4.70. The van der Waals surface area contributed by atoms with Crippen LogP contribution in [0.15, 0.2) is 4.52 Å². The number of rotatable bonds is 3. The van der Waals surface area contributed by atoms with Crippen LogP contribution < -0.4 is 5.73 Å². The van der Waals surface area contributed by atoms with Crippen LogP contribution >= 0.6 is 0 Å². The van der Waals surface area contributed by atoms with Gasteiger partial charge in [0.05, 0.1) is 0 Å². The number of hydrogen-bond donors (Lipinski definition) is 1. The average Bonchev–Trinajstić information content (AvgIpc) is 2.77. The van der Waals surface area contributed by atoms with E-state index in [1.807, 2.05) is 0 Å². The summed E-state index contributed by atoms with van der Waals surface area (Å²) in [5, 5.41) is 2.92. The van der Waals surface area contributed by atoms with Gasteiger partial charge in [-0.2, -0.15) is 4.98 Å². The molecule has 1 aliphatic heterocycles. The lowest BCUT2D eigenvalue weighted by atomic mass is 9.91. The molecule has 102 valence electrons. The van der Waals surface area contributed by atoms with Crippen molar-refractivity contribution in [1.29, 1.82) is 0 Å². The van der Waals surface area contributed by atoms with Gasteiger partial charge >= 0.3 is 0 Å². The highest BCUT2D eigenvalue weighted by molar-refractivity contribution is 7.90. The van der Waals surface area contributed by atoms with Crippen molar-refractivity contribution in [3.63, 3.8) is 0 Å². The predicted molar refractivity (Wildman–Crippen MR) is 63.5 cm³/mol. The van der Waals surface area contributed by atoms with Crippen molar-refractivity contribution in [2.24, 2.45) is 5.73 Å². The summed E-state index contributed by atoms with van der Waals surface area (Å²) in [6.45, 7) is 2.60. The Morgan fingerprint density at radius 3 is 2.56 bits per heavy atom. The Bertz CT molecular complexity index is 519. The zero-order chi connectivity index (χ0) is 13.4. The van der Waals surface area contributed by atoms with E-state index in [0.29, 0.717) is 26.1 Å². The standard InChI is InChI=1S/C10H17N3O4S/c1-7(18(2,14)15)8-12-9(17-13-8)10(11)3-5-16-6-4-10/h7H,3-6,11H2,1-2H3. The smallest absolute Gasteiger partial charge is 0.246 e. The van der Waals surface area contributed by atoms with Crippen molar-refractivity contribution < 1.29 is 17.7 Å². The molecule has 2 rings (SSSR count). The molecule has 1 aliphatic rings. The Hall–Kier alpha value is -0.990. The van der Waals surface area contributed by atoms with Crippen LogP contribution in [-0.2, 0) is 20.1 Å². The molecule has 0 spiro atoms. The molecule has 1 aromatic heterocycles. The largest absolute Gasteiger partial charge is 0.381 e. The SMILES string of the molecule is CC(c1noc(C2(N)CCOCC2)n1)S(C)(=O)=O. The molecule has 0 saturated carbocycles. The maximum absolute atomic E-state index is 11.4. The molecule has 18 heavy (non-hydrogen) atoms. The van der Waals surface area contributed by atoms with Gasteiger partial charge in [-0.25, -0.2) is 8.42 Å². The van der Waals surface area contributed by atoms with Crippen LogP contribution in [0.5, 0.6) is 0 Å². The van der Waals surface area contributed by atoms with Gasteiger partial charge in [0.15, 0.2) is 15.7 Å². The minimum atomic E-state index is -3.24. The van der Waals surface area contributed by atoms with Gasteiger partial charge in [-0.15, -0.1) is 0 Å². The Kier molecular flexibility index (Phi) is 3.43. The van der Waals surface area contributed by atoms with Crippen LogP contribution in [0, 0.1) is 0 Å². The van der Waals surface area contributed by atoms with E-state index in [4.69, 9.17) is 15.0 Å². The maximum Gasteiger partial charge on any atom is 0.246 e. The molecule has 0 aromatic carbocycles. The summed E-state index contributed by atoms with van der Waals surface area (Å²) in [5.74, 6) is 0.445. The molecule has 1 fully saturated rings. The summed E-state index contributed by atoms with van der Waals surface area (Å²) in [5.41, 5.74) is 5.47. The number of aromatic nitrogens is 2. The van der Waals surface area contributed by atoms with Gasteiger partial charge in [0, 0.05) is 19.5 Å². The monoisotopic (exact) mass is 275 g/mol. The number of hydrogen-bond acceptors (Lipinski definition) is 7. The normalized spacial score (nSPS) is 21.7. The minimum Gasteiger partial charge on any atom is -0.381 e. The van der Waals surface area contributed by atoms with E-state index in [-0.39, 0.29) is 11.7 Å². The van der Waals surface area contributed by atoms with Crippen LogP contribution in [0.1, 0.15) is 36.7 Å². The molecule has 0 radical (unpaired) electrons. The molecule has 1 saturated heterocycles. The lowest BCUT2D eigenvalue weighted by Gasteiger charge is -2.29. The van der Waals surface area contributed by atoms with Gasteiger partial charge < -0.3 is 15.0 Å². The fourth-order valence-electron chi connectivity index (χ4n) is 1.74. The van der Waals surface area contributed by atoms with E-state index in [0.717, 1.165) is 6.26 Å². The van der Waals surface area contributed by atoms with Crippen LogP contribution in [0.3, 0.4) is 0 Å². The highest BCUT2D eigenvalue weighted by Gasteiger charge is 2.37. The molecular weight excluding hydrogens is 258 g/mol. The van der Waals surface area contributed by atoms with Crippen molar-refractivity contribution >= 4 is 9.84 Å². The Labute approximate surface area is 106 Å². The third kappa shape index (κ3) is 2.55. The lowest BCUT2D eigenvalue weighted by Crippen LogP contribution is -2.42. The fraction of sp³-hybridized carbons (Fsp3) is 0.800. The first-order valence-electron chi connectivity index (χ1n) is 5.72. The van der Waals surface area contributed by atoms with Crippen molar-refractivity contribution in [2.75, 3.05) is 19.5 Å². The van der Waals surface area contributed by atoms with Crippen molar-refractivity contribution in [3.05, 3.63) is 11.7 Å². The van der Waals surface area contributed by atoms with Crippen molar-refractivity contribution in [1.82, 2.24) is 10.1 Å². The van der Waals surface area contributed by atoms with Crippen LogP contribution in [0.2, 0.25) is 0 Å². The third-order valence-electron chi connectivity index (χ3n) is 3.26. The molecule has 2 N–H and O–H groups in total. The van der Waals surface area contributed by atoms with Gasteiger partial charge in [-0.1, -0.05) is 5.16 Å². The number of sulfone groups is 1. The third-order valence-corrected chi connectivity index (χ3v) is 4.75. The lowest BCUT2D eigenvalue weighted by molar-refractivity contribution is 0.0400. The Morgan fingerprint density at radius 1 is 1.39 bits per heavy atom. The molecule has 0 amide bonds.